The third-order valence-corrected chi connectivity index (χ3v) is 4.22. The van der Waals surface area contributed by atoms with Gasteiger partial charge in [-0.1, -0.05) is 15.9 Å². The van der Waals surface area contributed by atoms with E-state index in [1.165, 1.54) is 0 Å². The molecule has 3 rings (SSSR count). The van der Waals surface area contributed by atoms with Gasteiger partial charge in [-0.2, -0.15) is 0 Å². The molecule has 2 aromatic heterocycles. The monoisotopic (exact) mass is 349 g/mol. The quantitative estimate of drug-likeness (QED) is 0.786. The summed E-state index contributed by atoms with van der Waals surface area (Å²) in [5, 5.41) is 4.90. The standard InChI is InChI=1S/C14H12BrN3OS/c15-11-3-1-10(2-4-11)13(19)16-6-5-12-9-18-7-8-20-14(18)17-12/h1-4,7-9H,5-6H2,(H,16,19). The molecule has 0 atom stereocenters. The summed E-state index contributed by atoms with van der Waals surface area (Å²) in [6, 6.07) is 7.31. The molecule has 2 heterocycles. The largest absolute Gasteiger partial charge is 0.352 e. The zero-order chi connectivity index (χ0) is 13.9. The molecule has 6 heteroatoms. The van der Waals surface area contributed by atoms with Crippen LogP contribution < -0.4 is 5.32 Å². The van der Waals surface area contributed by atoms with Gasteiger partial charge in [-0.3, -0.25) is 9.20 Å². The number of halogens is 1. The number of aromatic nitrogens is 2. The summed E-state index contributed by atoms with van der Waals surface area (Å²) in [5.74, 6) is -0.0569. The molecule has 0 aliphatic carbocycles. The van der Waals surface area contributed by atoms with Crippen molar-refractivity contribution in [1.29, 1.82) is 0 Å². The Labute approximate surface area is 128 Å². The molecule has 0 aliphatic rings. The zero-order valence-electron chi connectivity index (χ0n) is 10.5. The van der Waals surface area contributed by atoms with Gasteiger partial charge in [0.05, 0.1) is 5.69 Å². The Hall–Kier alpha value is -1.66. The molecule has 20 heavy (non-hydrogen) atoms. The van der Waals surface area contributed by atoms with Crippen LogP contribution in [0.1, 0.15) is 16.1 Å². The van der Waals surface area contributed by atoms with Gasteiger partial charge in [0.15, 0.2) is 4.96 Å². The number of amides is 1. The number of imidazole rings is 1. The summed E-state index contributed by atoms with van der Waals surface area (Å²) in [4.78, 5) is 17.4. The number of fused-ring (bicyclic) bond motifs is 1. The van der Waals surface area contributed by atoms with E-state index in [1.54, 1.807) is 23.5 Å². The molecule has 0 aliphatic heterocycles. The molecule has 102 valence electrons. The topological polar surface area (TPSA) is 46.4 Å². The van der Waals surface area contributed by atoms with Gasteiger partial charge in [-0.15, -0.1) is 11.3 Å². The highest BCUT2D eigenvalue weighted by Crippen LogP contribution is 2.12. The number of nitrogens with zero attached hydrogens (tertiary/aromatic N) is 2. The van der Waals surface area contributed by atoms with Crippen LogP contribution in [0.2, 0.25) is 0 Å². The number of hydrogen-bond acceptors (Lipinski definition) is 3. The highest BCUT2D eigenvalue weighted by molar-refractivity contribution is 9.10. The predicted octanol–water partition coefficient (Wildman–Crippen LogP) is 3.13. The minimum Gasteiger partial charge on any atom is -0.352 e. The smallest absolute Gasteiger partial charge is 0.251 e. The fraction of sp³-hybridized carbons (Fsp3) is 0.143. The molecule has 0 fully saturated rings. The summed E-state index contributed by atoms with van der Waals surface area (Å²) < 4.78 is 2.96. The Balaban J connectivity index is 1.55. The number of nitrogens with one attached hydrogen (secondary N) is 1. The van der Waals surface area contributed by atoms with Crippen molar-refractivity contribution >= 4 is 38.1 Å². The van der Waals surface area contributed by atoms with Crippen molar-refractivity contribution in [1.82, 2.24) is 14.7 Å². The number of rotatable bonds is 4. The maximum Gasteiger partial charge on any atom is 0.251 e. The van der Waals surface area contributed by atoms with Crippen molar-refractivity contribution in [2.45, 2.75) is 6.42 Å². The van der Waals surface area contributed by atoms with Crippen LogP contribution in [-0.2, 0) is 6.42 Å². The lowest BCUT2D eigenvalue weighted by Crippen LogP contribution is -2.25. The first kappa shape index (κ1) is 13.3. The van der Waals surface area contributed by atoms with Crippen LogP contribution in [0, 0.1) is 0 Å². The van der Waals surface area contributed by atoms with Gasteiger partial charge in [-0.05, 0) is 24.3 Å². The summed E-state index contributed by atoms with van der Waals surface area (Å²) in [5.41, 5.74) is 1.66. The molecule has 3 aromatic rings. The van der Waals surface area contributed by atoms with Gasteiger partial charge in [-0.25, -0.2) is 4.98 Å². The normalized spacial score (nSPS) is 10.8. The third-order valence-electron chi connectivity index (χ3n) is 2.92. The molecule has 4 nitrogen and oxygen atoms in total. The highest BCUT2D eigenvalue weighted by atomic mass is 79.9. The number of benzene rings is 1. The second-order valence-electron chi connectivity index (χ2n) is 4.34. The summed E-state index contributed by atoms with van der Waals surface area (Å²) >= 11 is 4.96. The lowest BCUT2D eigenvalue weighted by atomic mass is 10.2. The summed E-state index contributed by atoms with van der Waals surface area (Å²) in [6.45, 7) is 0.583. The number of hydrogen-bond donors (Lipinski definition) is 1. The zero-order valence-corrected chi connectivity index (χ0v) is 12.9. The Bertz CT molecular complexity index is 704. The van der Waals surface area contributed by atoms with Crippen LogP contribution >= 0.6 is 27.3 Å². The summed E-state index contributed by atoms with van der Waals surface area (Å²) in [7, 11) is 0. The molecular weight excluding hydrogens is 338 g/mol. The van der Waals surface area contributed by atoms with E-state index in [1.807, 2.05) is 34.3 Å². The second kappa shape index (κ2) is 5.76. The van der Waals surface area contributed by atoms with Gasteiger partial charge < -0.3 is 5.32 Å². The molecule has 1 amide bonds. The lowest BCUT2D eigenvalue weighted by Gasteiger charge is -2.04. The van der Waals surface area contributed by atoms with Crippen molar-refractivity contribution in [3.05, 3.63) is 57.8 Å². The SMILES string of the molecule is O=C(NCCc1cn2ccsc2n1)c1ccc(Br)cc1. The highest BCUT2D eigenvalue weighted by Gasteiger charge is 2.06. The van der Waals surface area contributed by atoms with Crippen LogP contribution in [0.3, 0.4) is 0 Å². The van der Waals surface area contributed by atoms with Crippen molar-refractivity contribution in [2.75, 3.05) is 6.54 Å². The van der Waals surface area contributed by atoms with E-state index in [-0.39, 0.29) is 5.91 Å². The van der Waals surface area contributed by atoms with Crippen molar-refractivity contribution in [2.24, 2.45) is 0 Å². The Morgan fingerprint density at radius 1 is 1.35 bits per heavy atom. The van der Waals surface area contributed by atoms with Gasteiger partial charge in [0.25, 0.3) is 5.91 Å². The van der Waals surface area contributed by atoms with Crippen molar-refractivity contribution in [3.8, 4) is 0 Å². The predicted molar refractivity (Wildman–Crippen MR) is 83.2 cm³/mol. The molecule has 0 bridgehead atoms. The number of carbonyl (C=O) groups excluding carboxylic acids is 1. The first-order chi connectivity index (χ1) is 9.72. The molecule has 0 saturated carbocycles. The fourth-order valence-corrected chi connectivity index (χ4v) is 2.89. The van der Waals surface area contributed by atoms with Gasteiger partial charge in [0.1, 0.15) is 0 Å². The number of carbonyl (C=O) groups is 1. The van der Waals surface area contributed by atoms with E-state index >= 15 is 0 Å². The van der Waals surface area contributed by atoms with Gasteiger partial charge in [0, 0.05) is 40.8 Å². The fourth-order valence-electron chi connectivity index (χ4n) is 1.90. The van der Waals surface area contributed by atoms with E-state index < -0.39 is 0 Å². The van der Waals surface area contributed by atoms with E-state index in [4.69, 9.17) is 0 Å². The van der Waals surface area contributed by atoms with Crippen LogP contribution in [0.5, 0.6) is 0 Å². The Morgan fingerprint density at radius 2 is 2.15 bits per heavy atom. The average molecular weight is 350 g/mol. The third kappa shape index (κ3) is 2.91. The molecule has 1 aromatic carbocycles. The Morgan fingerprint density at radius 3 is 2.90 bits per heavy atom. The van der Waals surface area contributed by atoms with Crippen LogP contribution in [0.25, 0.3) is 4.96 Å². The molecule has 0 unspecified atom stereocenters. The average Bonchev–Trinajstić information content (AvgIpc) is 3.00. The van der Waals surface area contributed by atoms with E-state index in [9.17, 15) is 4.79 Å². The van der Waals surface area contributed by atoms with E-state index in [0.717, 1.165) is 21.5 Å². The first-order valence-corrected chi connectivity index (χ1v) is 7.84. The molecule has 0 spiro atoms. The summed E-state index contributed by atoms with van der Waals surface area (Å²) in [6.07, 6.45) is 4.71. The number of thiazole rings is 1. The molecular formula is C14H12BrN3OS. The second-order valence-corrected chi connectivity index (χ2v) is 6.13. The van der Waals surface area contributed by atoms with E-state index in [2.05, 4.69) is 26.2 Å². The lowest BCUT2D eigenvalue weighted by molar-refractivity contribution is 0.0954. The van der Waals surface area contributed by atoms with Crippen LogP contribution in [-0.4, -0.2) is 21.8 Å². The van der Waals surface area contributed by atoms with Crippen molar-refractivity contribution < 1.29 is 4.79 Å². The van der Waals surface area contributed by atoms with Crippen LogP contribution in [0.4, 0.5) is 0 Å². The maximum atomic E-state index is 11.9. The van der Waals surface area contributed by atoms with E-state index in [0.29, 0.717) is 12.1 Å². The van der Waals surface area contributed by atoms with Crippen molar-refractivity contribution in [3.63, 3.8) is 0 Å². The van der Waals surface area contributed by atoms with Gasteiger partial charge in [0.2, 0.25) is 0 Å². The minimum absolute atomic E-state index is 0.0569. The molecule has 1 N–H and O–H groups in total. The minimum atomic E-state index is -0.0569. The Kier molecular flexibility index (Phi) is 3.84. The molecule has 0 saturated heterocycles. The maximum absolute atomic E-state index is 11.9. The van der Waals surface area contributed by atoms with Crippen LogP contribution in [0.15, 0.2) is 46.5 Å². The first-order valence-electron chi connectivity index (χ1n) is 6.17. The van der Waals surface area contributed by atoms with Gasteiger partial charge >= 0.3 is 0 Å². The molecule has 0 radical (unpaired) electrons.